The molecule has 2 heterocycles. The number of nitrogens with zero attached hydrogens (tertiary/aromatic N) is 2. The van der Waals surface area contributed by atoms with E-state index >= 15 is 0 Å². The van der Waals surface area contributed by atoms with E-state index in [1.54, 1.807) is 43.7 Å². The van der Waals surface area contributed by atoms with Crippen LogP contribution in [0.15, 0.2) is 35.3 Å². The van der Waals surface area contributed by atoms with Crippen LogP contribution in [0.4, 0.5) is 5.69 Å². The van der Waals surface area contributed by atoms with Gasteiger partial charge < -0.3 is 15.1 Å². The fraction of sp³-hybridized carbons (Fsp3) is 0.231. The number of hydrogen-bond donors (Lipinski definition) is 1. The minimum absolute atomic E-state index is 0.103. The number of aryl methyl sites for hydroxylation is 1. The zero-order chi connectivity index (χ0) is 13.1. The summed E-state index contributed by atoms with van der Waals surface area (Å²) in [4.78, 5) is 17.9. The molecule has 0 atom stereocenters. The Labute approximate surface area is 105 Å². The summed E-state index contributed by atoms with van der Waals surface area (Å²) in [5, 5.41) is 0. The minimum atomic E-state index is -0.103. The van der Waals surface area contributed by atoms with Crippen molar-refractivity contribution in [3.63, 3.8) is 0 Å². The van der Waals surface area contributed by atoms with Crippen LogP contribution in [0.5, 0.6) is 0 Å². The molecule has 0 aliphatic heterocycles. The second kappa shape index (κ2) is 4.91. The Kier molecular flexibility index (Phi) is 3.32. The lowest BCUT2D eigenvalue weighted by Crippen LogP contribution is -2.27. The first kappa shape index (κ1) is 12.2. The molecule has 5 heteroatoms. The van der Waals surface area contributed by atoms with E-state index in [0.29, 0.717) is 23.5 Å². The minimum Gasteiger partial charge on any atom is -0.472 e. The van der Waals surface area contributed by atoms with Crippen molar-refractivity contribution in [2.24, 2.45) is 0 Å². The lowest BCUT2D eigenvalue weighted by Gasteiger charge is -2.17. The monoisotopic (exact) mass is 245 g/mol. The number of pyridine rings is 1. The van der Waals surface area contributed by atoms with Crippen molar-refractivity contribution in [2.75, 3.05) is 12.8 Å². The van der Waals surface area contributed by atoms with Gasteiger partial charge in [-0.05, 0) is 19.1 Å². The second-order valence-electron chi connectivity index (χ2n) is 4.19. The van der Waals surface area contributed by atoms with E-state index < -0.39 is 0 Å². The van der Waals surface area contributed by atoms with Crippen LogP contribution in [0.1, 0.15) is 21.6 Å². The third-order valence-electron chi connectivity index (χ3n) is 2.69. The molecular weight excluding hydrogens is 230 g/mol. The topological polar surface area (TPSA) is 72.4 Å². The van der Waals surface area contributed by atoms with Gasteiger partial charge in [0.1, 0.15) is 0 Å². The van der Waals surface area contributed by atoms with Crippen molar-refractivity contribution in [3.05, 3.63) is 47.7 Å². The van der Waals surface area contributed by atoms with Gasteiger partial charge >= 0.3 is 0 Å². The number of aromatic nitrogens is 1. The SMILES string of the molecule is Cc1ncc(N)cc1C(=O)N(C)Cc1ccoc1. The molecule has 0 unspecified atom stereocenters. The number of anilines is 1. The van der Waals surface area contributed by atoms with Crippen molar-refractivity contribution in [1.82, 2.24) is 9.88 Å². The van der Waals surface area contributed by atoms with Crippen molar-refractivity contribution in [3.8, 4) is 0 Å². The molecule has 0 saturated heterocycles. The summed E-state index contributed by atoms with van der Waals surface area (Å²) in [5.74, 6) is -0.103. The number of rotatable bonds is 3. The Morgan fingerprint density at radius 1 is 1.56 bits per heavy atom. The maximum atomic E-state index is 12.2. The number of carbonyl (C=O) groups is 1. The van der Waals surface area contributed by atoms with Crippen molar-refractivity contribution in [1.29, 1.82) is 0 Å². The number of carbonyl (C=O) groups excluding carboxylic acids is 1. The molecule has 0 aliphatic carbocycles. The average molecular weight is 245 g/mol. The van der Waals surface area contributed by atoms with Crippen LogP contribution in [-0.4, -0.2) is 22.8 Å². The van der Waals surface area contributed by atoms with E-state index in [9.17, 15) is 4.79 Å². The van der Waals surface area contributed by atoms with E-state index in [1.807, 2.05) is 6.07 Å². The van der Waals surface area contributed by atoms with E-state index in [4.69, 9.17) is 10.2 Å². The number of furan rings is 1. The Hall–Kier alpha value is -2.30. The Bertz CT molecular complexity index is 549. The summed E-state index contributed by atoms with van der Waals surface area (Å²) in [7, 11) is 1.73. The number of nitrogens with two attached hydrogens (primary N) is 1. The lowest BCUT2D eigenvalue weighted by molar-refractivity contribution is 0.0784. The summed E-state index contributed by atoms with van der Waals surface area (Å²) < 4.78 is 4.97. The first-order chi connectivity index (χ1) is 8.58. The van der Waals surface area contributed by atoms with Crippen molar-refractivity contribution < 1.29 is 9.21 Å². The molecule has 2 N–H and O–H groups in total. The molecule has 0 fully saturated rings. The molecule has 1 amide bonds. The molecule has 0 radical (unpaired) electrons. The van der Waals surface area contributed by atoms with Crippen LogP contribution < -0.4 is 5.73 Å². The van der Waals surface area contributed by atoms with Gasteiger partial charge in [-0.3, -0.25) is 9.78 Å². The molecule has 18 heavy (non-hydrogen) atoms. The molecule has 0 spiro atoms. The summed E-state index contributed by atoms with van der Waals surface area (Å²) in [6.07, 6.45) is 4.75. The van der Waals surface area contributed by atoms with Crippen molar-refractivity contribution >= 4 is 11.6 Å². The first-order valence-electron chi connectivity index (χ1n) is 5.56. The van der Waals surface area contributed by atoms with Gasteiger partial charge in [0.25, 0.3) is 5.91 Å². The zero-order valence-electron chi connectivity index (χ0n) is 10.4. The van der Waals surface area contributed by atoms with Crippen LogP contribution in [-0.2, 0) is 6.54 Å². The maximum absolute atomic E-state index is 12.2. The quantitative estimate of drug-likeness (QED) is 0.895. The molecule has 0 saturated carbocycles. The van der Waals surface area contributed by atoms with Gasteiger partial charge in [-0.15, -0.1) is 0 Å². The highest BCUT2D eigenvalue weighted by Gasteiger charge is 2.15. The lowest BCUT2D eigenvalue weighted by atomic mass is 10.1. The third-order valence-corrected chi connectivity index (χ3v) is 2.69. The van der Waals surface area contributed by atoms with Gasteiger partial charge in [-0.25, -0.2) is 0 Å². The first-order valence-corrected chi connectivity index (χ1v) is 5.56. The molecular formula is C13H15N3O2. The van der Waals surface area contributed by atoms with E-state index in [1.165, 1.54) is 0 Å². The van der Waals surface area contributed by atoms with Crippen LogP contribution in [0.2, 0.25) is 0 Å². The van der Waals surface area contributed by atoms with Crippen LogP contribution in [0.25, 0.3) is 0 Å². The van der Waals surface area contributed by atoms with Gasteiger partial charge in [0.15, 0.2) is 0 Å². The fourth-order valence-corrected chi connectivity index (χ4v) is 1.70. The van der Waals surface area contributed by atoms with E-state index in [-0.39, 0.29) is 5.91 Å². The fourth-order valence-electron chi connectivity index (χ4n) is 1.70. The second-order valence-corrected chi connectivity index (χ2v) is 4.19. The standard InChI is InChI=1S/C13H15N3O2/c1-9-12(5-11(14)6-15-9)13(17)16(2)7-10-3-4-18-8-10/h3-6,8H,7,14H2,1-2H3. The highest BCUT2D eigenvalue weighted by molar-refractivity contribution is 5.95. The highest BCUT2D eigenvalue weighted by Crippen LogP contribution is 2.13. The molecule has 5 nitrogen and oxygen atoms in total. The summed E-state index contributed by atoms with van der Waals surface area (Å²) >= 11 is 0. The van der Waals surface area contributed by atoms with Crippen LogP contribution >= 0.6 is 0 Å². The van der Waals surface area contributed by atoms with Gasteiger partial charge in [0, 0.05) is 19.2 Å². The Balaban J connectivity index is 2.17. The Morgan fingerprint density at radius 3 is 3.00 bits per heavy atom. The zero-order valence-corrected chi connectivity index (χ0v) is 10.4. The molecule has 2 rings (SSSR count). The number of amides is 1. The van der Waals surface area contributed by atoms with Gasteiger partial charge in [0.05, 0.1) is 35.7 Å². The van der Waals surface area contributed by atoms with Crippen LogP contribution in [0.3, 0.4) is 0 Å². The molecule has 0 aromatic carbocycles. The Morgan fingerprint density at radius 2 is 2.33 bits per heavy atom. The molecule has 0 bridgehead atoms. The average Bonchev–Trinajstić information content (AvgIpc) is 2.84. The van der Waals surface area contributed by atoms with Crippen molar-refractivity contribution in [2.45, 2.75) is 13.5 Å². The summed E-state index contributed by atoms with van der Waals surface area (Å²) in [6, 6.07) is 3.48. The smallest absolute Gasteiger partial charge is 0.255 e. The largest absolute Gasteiger partial charge is 0.472 e. The van der Waals surface area contributed by atoms with Gasteiger partial charge in [-0.1, -0.05) is 0 Å². The summed E-state index contributed by atoms with van der Waals surface area (Å²) in [5.41, 5.74) is 8.29. The highest BCUT2D eigenvalue weighted by atomic mass is 16.3. The van der Waals surface area contributed by atoms with E-state index in [0.717, 1.165) is 5.56 Å². The third kappa shape index (κ3) is 2.51. The van der Waals surface area contributed by atoms with Gasteiger partial charge in [0.2, 0.25) is 0 Å². The number of hydrogen-bond acceptors (Lipinski definition) is 4. The molecule has 2 aromatic rings. The normalized spacial score (nSPS) is 10.3. The predicted molar refractivity (Wildman–Crippen MR) is 67.9 cm³/mol. The molecule has 0 aliphatic rings. The van der Waals surface area contributed by atoms with E-state index in [2.05, 4.69) is 4.98 Å². The van der Waals surface area contributed by atoms with Gasteiger partial charge in [-0.2, -0.15) is 0 Å². The molecule has 94 valence electrons. The predicted octanol–water partition coefficient (Wildman–Crippen LogP) is 1.84. The van der Waals surface area contributed by atoms with Crippen LogP contribution in [0, 0.1) is 6.92 Å². The summed E-state index contributed by atoms with van der Waals surface area (Å²) in [6.45, 7) is 2.28. The number of nitrogen functional groups attached to an aromatic ring is 1. The maximum Gasteiger partial charge on any atom is 0.255 e. The molecule has 2 aromatic heterocycles.